The smallest absolute Gasteiger partial charge is 0.0374 e. The minimum absolute atomic E-state index is 0.274. The molecule has 1 atom stereocenters. The lowest BCUT2D eigenvalue weighted by Crippen LogP contribution is -2.35. The summed E-state index contributed by atoms with van der Waals surface area (Å²) in [4.78, 5) is 0. The molecule has 0 aromatic heterocycles. The number of halogens is 1. The van der Waals surface area contributed by atoms with E-state index in [1.807, 2.05) is 0 Å². The quantitative estimate of drug-likeness (QED) is 0.705. The molecule has 2 nitrogen and oxygen atoms in total. The molecular formula is C9H11IN2. The van der Waals surface area contributed by atoms with E-state index in [2.05, 4.69) is 46.1 Å². The average molecular weight is 274 g/mol. The SMILES string of the molecule is NC1CNc2ccc(I)cc2C1. The van der Waals surface area contributed by atoms with Gasteiger partial charge in [-0.15, -0.1) is 0 Å². The minimum atomic E-state index is 0.274. The van der Waals surface area contributed by atoms with Crippen LogP contribution in [0.5, 0.6) is 0 Å². The lowest BCUT2D eigenvalue weighted by molar-refractivity contribution is 0.679. The van der Waals surface area contributed by atoms with Crippen LogP contribution < -0.4 is 11.1 Å². The molecule has 1 aliphatic rings. The zero-order chi connectivity index (χ0) is 8.55. The van der Waals surface area contributed by atoms with Gasteiger partial charge in [0.2, 0.25) is 0 Å². The zero-order valence-electron chi connectivity index (χ0n) is 6.68. The van der Waals surface area contributed by atoms with E-state index in [9.17, 15) is 0 Å². The van der Waals surface area contributed by atoms with Crippen LogP contribution >= 0.6 is 22.6 Å². The van der Waals surface area contributed by atoms with Crippen molar-refractivity contribution in [2.24, 2.45) is 5.73 Å². The number of rotatable bonds is 0. The molecule has 3 heteroatoms. The predicted molar refractivity (Wildman–Crippen MR) is 59.3 cm³/mol. The highest BCUT2D eigenvalue weighted by atomic mass is 127. The molecule has 0 amide bonds. The Morgan fingerprint density at radius 1 is 1.50 bits per heavy atom. The van der Waals surface area contributed by atoms with Gasteiger partial charge in [0.15, 0.2) is 0 Å². The van der Waals surface area contributed by atoms with Gasteiger partial charge in [0.25, 0.3) is 0 Å². The molecule has 2 rings (SSSR count). The fourth-order valence-electron chi connectivity index (χ4n) is 1.50. The summed E-state index contributed by atoms with van der Waals surface area (Å²) in [5.74, 6) is 0. The molecule has 1 heterocycles. The Bertz CT molecular complexity index is 299. The standard InChI is InChI=1S/C9H11IN2/c10-7-1-2-9-6(3-7)4-8(11)5-12-9/h1-3,8,12H,4-5,11H2. The molecule has 0 radical (unpaired) electrons. The lowest BCUT2D eigenvalue weighted by Gasteiger charge is -2.23. The maximum Gasteiger partial charge on any atom is 0.0374 e. The van der Waals surface area contributed by atoms with Gasteiger partial charge in [-0.05, 0) is 52.8 Å². The van der Waals surface area contributed by atoms with Crippen LogP contribution in [-0.2, 0) is 6.42 Å². The molecule has 3 N–H and O–H groups in total. The van der Waals surface area contributed by atoms with Crippen molar-refractivity contribution in [2.45, 2.75) is 12.5 Å². The number of nitrogens with two attached hydrogens (primary N) is 1. The molecule has 0 saturated heterocycles. The van der Waals surface area contributed by atoms with Crippen LogP contribution in [-0.4, -0.2) is 12.6 Å². The van der Waals surface area contributed by atoms with E-state index in [1.165, 1.54) is 14.8 Å². The van der Waals surface area contributed by atoms with E-state index >= 15 is 0 Å². The van der Waals surface area contributed by atoms with Crippen molar-refractivity contribution in [2.75, 3.05) is 11.9 Å². The maximum absolute atomic E-state index is 5.83. The molecule has 12 heavy (non-hydrogen) atoms. The summed E-state index contributed by atoms with van der Waals surface area (Å²) in [7, 11) is 0. The van der Waals surface area contributed by atoms with Crippen LogP contribution in [0.4, 0.5) is 5.69 Å². The van der Waals surface area contributed by atoms with Crippen molar-refractivity contribution in [3.8, 4) is 0 Å². The van der Waals surface area contributed by atoms with Crippen LogP contribution in [0.2, 0.25) is 0 Å². The third-order valence-electron chi connectivity index (χ3n) is 2.10. The highest BCUT2D eigenvalue weighted by molar-refractivity contribution is 14.1. The van der Waals surface area contributed by atoms with E-state index in [-0.39, 0.29) is 6.04 Å². The van der Waals surface area contributed by atoms with Crippen LogP contribution in [0.25, 0.3) is 0 Å². The monoisotopic (exact) mass is 274 g/mol. The summed E-state index contributed by atoms with van der Waals surface area (Å²) >= 11 is 2.32. The molecule has 1 unspecified atom stereocenters. The van der Waals surface area contributed by atoms with E-state index in [0.29, 0.717) is 0 Å². The fraction of sp³-hybridized carbons (Fsp3) is 0.333. The first-order valence-corrected chi connectivity index (χ1v) is 5.11. The summed E-state index contributed by atoms with van der Waals surface area (Å²) in [6.07, 6.45) is 0.999. The first-order valence-electron chi connectivity index (χ1n) is 4.03. The van der Waals surface area contributed by atoms with Gasteiger partial charge >= 0.3 is 0 Å². The van der Waals surface area contributed by atoms with Crippen molar-refractivity contribution >= 4 is 28.3 Å². The maximum atomic E-state index is 5.83. The first kappa shape index (κ1) is 8.31. The van der Waals surface area contributed by atoms with Gasteiger partial charge in [0, 0.05) is 21.8 Å². The molecule has 0 fully saturated rings. The van der Waals surface area contributed by atoms with E-state index < -0.39 is 0 Å². The van der Waals surface area contributed by atoms with Gasteiger partial charge in [0.05, 0.1) is 0 Å². The lowest BCUT2D eigenvalue weighted by atomic mass is 10.0. The Balaban J connectivity index is 2.37. The van der Waals surface area contributed by atoms with Crippen molar-refractivity contribution in [1.29, 1.82) is 0 Å². The number of benzene rings is 1. The van der Waals surface area contributed by atoms with Gasteiger partial charge in [0.1, 0.15) is 0 Å². The van der Waals surface area contributed by atoms with E-state index in [0.717, 1.165) is 13.0 Å². The highest BCUT2D eigenvalue weighted by Crippen LogP contribution is 2.22. The Labute approximate surface area is 85.7 Å². The van der Waals surface area contributed by atoms with Crippen LogP contribution in [0.3, 0.4) is 0 Å². The predicted octanol–water partition coefficient (Wildman–Crippen LogP) is 1.59. The molecule has 0 spiro atoms. The van der Waals surface area contributed by atoms with E-state index in [4.69, 9.17) is 5.73 Å². The fourth-order valence-corrected chi connectivity index (χ4v) is 2.06. The summed E-state index contributed by atoms with van der Waals surface area (Å²) in [6, 6.07) is 6.71. The average Bonchev–Trinajstić information content (AvgIpc) is 2.03. The Morgan fingerprint density at radius 3 is 3.17 bits per heavy atom. The number of hydrogen-bond donors (Lipinski definition) is 2. The summed E-state index contributed by atoms with van der Waals surface area (Å²) in [5, 5.41) is 3.31. The van der Waals surface area contributed by atoms with Crippen molar-refractivity contribution < 1.29 is 0 Å². The Hall–Kier alpha value is -0.290. The number of nitrogens with one attached hydrogen (secondary N) is 1. The third-order valence-corrected chi connectivity index (χ3v) is 2.78. The Kier molecular flexibility index (Phi) is 2.23. The molecule has 64 valence electrons. The molecule has 0 bridgehead atoms. The zero-order valence-corrected chi connectivity index (χ0v) is 8.84. The summed E-state index contributed by atoms with van der Waals surface area (Å²) in [6.45, 7) is 0.896. The normalized spacial score (nSPS) is 21.3. The van der Waals surface area contributed by atoms with Crippen molar-refractivity contribution in [3.05, 3.63) is 27.3 Å². The molecule has 0 saturated carbocycles. The highest BCUT2D eigenvalue weighted by Gasteiger charge is 2.13. The second-order valence-electron chi connectivity index (χ2n) is 3.15. The second kappa shape index (κ2) is 3.22. The number of hydrogen-bond acceptors (Lipinski definition) is 2. The number of fused-ring (bicyclic) bond motifs is 1. The summed E-state index contributed by atoms with van der Waals surface area (Å²) < 4.78 is 1.28. The van der Waals surface area contributed by atoms with Gasteiger partial charge in [-0.3, -0.25) is 0 Å². The molecular weight excluding hydrogens is 263 g/mol. The molecule has 1 aromatic rings. The Morgan fingerprint density at radius 2 is 2.33 bits per heavy atom. The first-order chi connectivity index (χ1) is 5.75. The largest absolute Gasteiger partial charge is 0.383 e. The third kappa shape index (κ3) is 1.56. The second-order valence-corrected chi connectivity index (χ2v) is 4.39. The van der Waals surface area contributed by atoms with Gasteiger partial charge < -0.3 is 11.1 Å². The van der Waals surface area contributed by atoms with Crippen molar-refractivity contribution in [1.82, 2.24) is 0 Å². The van der Waals surface area contributed by atoms with Crippen molar-refractivity contribution in [3.63, 3.8) is 0 Å². The van der Waals surface area contributed by atoms with Crippen LogP contribution in [0, 0.1) is 3.57 Å². The topological polar surface area (TPSA) is 38.0 Å². The van der Waals surface area contributed by atoms with Gasteiger partial charge in [-0.2, -0.15) is 0 Å². The summed E-state index contributed by atoms with van der Waals surface area (Å²) in [5.41, 5.74) is 8.43. The molecule has 1 aromatic carbocycles. The van der Waals surface area contributed by atoms with E-state index in [1.54, 1.807) is 0 Å². The van der Waals surface area contributed by atoms with Crippen LogP contribution in [0.15, 0.2) is 18.2 Å². The van der Waals surface area contributed by atoms with Crippen LogP contribution in [0.1, 0.15) is 5.56 Å². The number of anilines is 1. The minimum Gasteiger partial charge on any atom is -0.383 e. The molecule has 1 aliphatic heterocycles. The molecule has 0 aliphatic carbocycles. The van der Waals surface area contributed by atoms with Gasteiger partial charge in [-0.1, -0.05) is 0 Å². The van der Waals surface area contributed by atoms with Gasteiger partial charge in [-0.25, -0.2) is 0 Å².